The highest BCUT2D eigenvalue weighted by atomic mass is 16.2. The summed E-state index contributed by atoms with van der Waals surface area (Å²) >= 11 is 0. The van der Waals surface area contributed by atoms with Crippen LogP contribution < -0.4 is 4.90 Å². The minimum atomic E-state index is -0.566. The van der Waals surface area contributed by atoms with E-state index in [1.54, 1.807) is 30.3 Å². The maximum Gasteiger partial charge on any atom is 0.332 e. The highest BCUT2D eigenvalue weighted by Crippen LogP contribution is 2.27. The number of anilines is 1. The summed E-state index contributed by atoms with van der Waals surface area (Å²) < 4.78 is 0. The fourth-order valence-corrected chi connectivity index (χ4v) is 2.94. The van der Waals surface area contributed by atoms with Gasteiger partial charge in [-0.05, 0) is 29.8 Å². The van der Waals surface area contributed by atoms with Crippen molar-refractivity contribution in [1.29, 1.82) is 5.26 Å². The Labute approximate surface area is 146 Å². The lowest BCUT2D eigenvalue weighted by Crippen LogP contribution is -2.36. The van der Waals surface area contributed by atoms with Crippen molar-refractivity contribution in [3.05, 3.63) is 78.4 Å². The van der Waals surface area contributed by atoms with Crippen LogP contribution in [0.2, 0.25) is 0 Å². The molecule has 1 unspecified atom stereocenters. The van der Waals surface area contributed by atoms with Crippen LogP contribution in [0.1, 0.15) is 11.1 Å². The van der Waals surface area contributed by atoms with Crippen molar-refractivity contribution >= 4 is 17.6 Å². The average Bonchev–Trinajstić information content (AvgIpc) is 2.87. The summed E-state index contributed by atoms with van der Waals surface area (Å²) in [5.74, 6) is -0.264. The molecule has 2 aromatic rings. The zero-order valence-electron chi connectivity index (χ0n) is 13.6. The molecule has 3 rings (SSSR count). The number of nitrogens with zero attached hydrogens (tertiary/aromatic N) is 3. The summed E-state index contributed by atoms with van der Waals surface area (Å²) in [5.41, 5.74) is 1.94. The van der Waals surface area contributed by atoms with Crippen LogP contribution in [0.5, 0.6) is 0 Å². The van der Waals surface area contributed by atoms with Crippen LogP contribution >= 0.6 is 0 Å². The van der Waals surface area contributed by atoms with Crippen molar-refractivity contribution in [3.63, 3.8) is 0 Å². The Morgan fingerprint density at radius 1 is 1.08 bits per heavy atom. The van der Waals surface area contributed by atoms with E-state index < -0.39 is 6.04 Å². The Kier molecular flexibility index (Phi) is 4.62. The van der Waals surface area contributed by atoms with Gasteiger partial charge in [-0.25, -0.2) is 9.69 Å². The van der Waals surface area contributed by atoms with E-state index >= 15 is 0 Å². The van der Waals surface area contributed by atoms with Crippen molar-refractivity contribution in [2.75, 3.05) is 11.4 Å². The molecule has 0 N–H and O–H groups in total. The quantitative estimate of drug-likeness (QED) is 0.624. The Hall–Kier alpha value is -3.39. The molecule has 5 heteroatoms. The van der Waals surface area contributed by atoms with Crippen molar-refractivity contribution in [3.8, 4) is 6.07 Å². The first-order valence-electron chi connectivity index (χ1n) is 7.95. The number of carbonyl (C=O) groups excluding carboxylic acids is 2. The topological polar surface area (TPSA) is 64.4 Å². The first-order valence-corrected chi connectivity index (χ1v) is 7.95. The van der Waals surface area contributed by atoms with E-state index in [1.165, 1.54) is 9.80 Å². The molecule has 1 atom stereocenters. The van der Waals surface area contributed by atoms with Gasteiger partial charge in [-0.2, -0.15) is 5.26 Å². The molecule has 0 saturated carbocycles. The van der Waals surface area contributed by atoms with Gasteiger partial charge in [0.1, 0.15) is 6.04 Å². The number of nitriles is 1. The van der Waals surface area contributed by atoms with Crippen molar-refractivity contribution in [1.82, 2.24) is 4.90 Å². The molecular weight excluding hydrogens is 314 g/mol. The summed E-state index contributed by atoms with van der Waals surface area (Å²) in [4.78, 5) is 28.4. The van der Waals surface area contributed by atoms with E-state index in [4.69, 9.17) is 5.26 Å². The molecular formula is C20H17N3O2. The molecule has 1 aliphatic heterocycles. The number of rotatable bonds is 5. The monoisotopic (exact) mass is 331 g/mol. The molecule has 0 aliphatic carbocycles. The molecule has 1 heterocycles. The number of benzene rings is 2. The van der Waals surface area contributed by atoms with Gasteiger partial charge in [0.05, 0.1) is 17.3 Å². The number of amides is 3. The summed E-state index contributed by atoms with van der Waals surface area (Å²) in [5, 5.41) is 8.90. The lowest BCUT2D eigenvalue weighted by Gasteiger charge is -2.20. The van der Waals surface area contributed by atoms with Gasteiger partial charge in [0.2, 0.25) is 0 Å². The summed E-state index contributed by atoms with van der Waals surface area (Å²) in [6, 6.07) is 17.1. The second kappa shape index (κ2) is 7.02. The first-order chi connectivity index (χ1) is 12.2. The molecule has 1 aliphatic rings. The standard InChI is InChI=1S/C20H17N3O2/c1-2-12-22-18(13-15-6-4-3-5-7-15)19(24)23(20(22)25)17-10-8-16(14-21)9-11-17/h2-11,18H,1,12-13H2. The number of hydrogen-bond acceptors (Lipinski definition) is 3. The molecule has 0 aromatic heterocycles. The third-order valence-corrected chi connectivity index (χ3v) is 4.17. The van der Waals surface area contributed by atoms with Gasteiger partial charge in [0.25, 0.3) is 5.91 Å². The molecule has 2 aromatic carbocycles. The third kappa shape index (κ3) is 3.15. The SMILES string of the molecule is C=CCN1C(=O)N(c2ccc(C#N)cc2)C(=O)C1Cc1ccccc1. The van der Waals surface area contributed by atoms with Crippen LogP contribution in [-0.2, 0) is 11.2 Å². The van der Waals surface area contributed by atoms with E-state index in [-0.39, 0.29) is 11.9 Å². The number of carbonyl (C=O) groups is 2. The smallest absolute Gasteiger partial charge is 0.308 e. The molecule has 1 saturated heterocycles. The largest absolute Gasteiger partial charge is 0.332 e. The number of urea groups is 1. The lowest BCUT2D eigenvalue weighted by atomic mass is 10.0. The average molecular weight is 331 g/mol. The Morgan fingerprint density at radius 2 is 1.76 bits per heavy atom. The Balaban J connectivity index is 1.92. The minimum absolute atomic E-state index is 0.264. The van der Waals surface area contributed by atoms with Gasteiger partial charge < -0.3 is 4.90 Å². The third-order valence-electron chi connectivity index (χ3n) is 4.17. The maximum absolute atomic E-state index is 12.9. The fraction of sp³-hybridized carbons (Fsp3) is 0.150. The van der Waals surface area contributed by atoms with Gasteiger partial charge in [-0.1, -0.05) is 36.4 Å². The number of hydrogen-bond donors (Lipinski definition) is 0. The summed E-state index contributed by atoms with van der Waals surface area (Å²) in [6.45, 7) is 3.99. The van der Waals surface area contributed by atoms with Crippen LogP contribution in [0, 0.1) is 11.3 Å². The summed E-state index contributed by atoms with van der Waals surface area (Å²) in [7, 11) is 0. The second-order valence-electron chi connectivity index (χ2n) is 5.76. The van der Waals surface area contributed by atoms with E-state index in [9.17, 15) is 9.59 Å². The normalized spacial score (nSPS) is 16.8. The Morgan fingerprint density at radius 3 is 2.36 bits per heavy atom. The van der Waals surface area contributed by atoms with Crippen LogP contribution in [0.3, 0.4) is 0 Å². The predicted octanol–water partition coefficient (Wildman–Crippen LogP) is 3.12. The highest BCUT2D eigenvalue weighted by molar-refractivity contribution is 6.21. The predicted molar refractivity (Wildman–Crippen MR) is 94.9 cm³/mol. The molecule has 1 fully saturated rings. The molecule has 25 heavy (non-hydrogen) atoms. The molecule has 0 spiro atoms. The van der Waals surface area contributed by atoms with Crippen molar-refractivity contribution in [2.45, 2.75) is 12.5 Å². The molecule has 5 nitrogen and oxygen atoms in total. The highest BCUT2D eigenvalue weighted by Gasteiger charge is 2.45. The van der Waals surface area contributed by atoms with Gasteiger partial charge in [0, 0.05) is 13.0 Å². The van der Waals surface area contributed by atoms with E-state index in [2.05, 4.69) is 6.58 Å². The van der Waals surface area contributed by atoms with Gasteiger partial charge in [0.15, 0.2) is 0 Å². The lowest BCUT2D eigenvalue weighted by molar-refractivity contribution is -0.119. The molecule has 0 radical (unpaired) electrons. The molecule has 3 amide bonds. The summed E-state index contributed by atoms with van der Waals surface area (Å²) in [6.07, 6.45) is 2.07. The first kappa shape index (κ1) is 16.5. The second-order valence-corrected chi connectivity index (χ2v) is 5.76. The van der Waals surface area contributed by atoms with Gasteiger partial charge >= 0.3 is 6.03 Å². The minimum Gasteiger partial charge on any atom is -0.308 e. The zero-order valence-corrected chi connectivity index (χ0v) is 13.6. The maximum atomic E-state index is 12.9. The van der Waals surface area contributed by atoms with Crippen LogP contribution in [0.15, 0.2) is 67.3 Å². The molecule has 124 valence electrons. The van der Waals surface area contributed by atoms with Crippen LogP contribution in [0.4, 0.5) is 10.5 Å². The van der Waals surface area contributed by atoms with Crippen molar-refractivity contribution in [2.24, 2.45) is 0 Å². The van der Waals surface area contributed by atoms with E-state index in [0.29, 0.717) is 24.2 Å². The van der Waals surface area contributed by atoms with Crippen molar-refractivity contribution < 1.29 is 9.59 Å². The number of imide groups is 1. The van der Waals surface area contributed by atoms with Crippen LogP contribution in [-0.4, -0.2) is 29.4 Å². The van der Waals surface area contributed by atoms with Gasteiger partial charge in [-0.15, -0.1) is 6.58 Å². The Bertz CT molecular complexity index is 837. The van der Waals surface area contributed by atoms with Gasteiger partial charge in [-0.3, -0.25) is 4.79 Å². The fourth-order valence-electron chi connectivity index (χ4n) is 2.94. The van der Waals surface area contributed by atoms with E-state index in [0.717, 1.165) is 5.56 Å². The van der Waals surface area contributed by atoms with Crippen LogP contribution in [0.25, 0.3) is 0 Å². The van der Waals surface area contributed by atoms with E-state index in [1.807, 2.05) is 36.4 Å². The molecule has 0 bridgehead atoms. The zero-order chi connectivity index (χ0) is 17.8.